The van der Waals surface area contributed by atoms with Crippen LogP contribution >= 0.6 is 15.9 Å². The molecule has 0 bridgehead atoms. The Hall–Kier alpha value is -0.610. The lowest BCUT2D eigenvalue weighted by Gasteiger charge is -2.45. The van der Waals surface area contributed by atoms with E-state index in [-0.39, 0.29) is 11.4 Å². The van der Waals surface area contributed by atoms with E-state index in [1.807, 2.05) is 0 Å². The lowest BCUT2D eigenvalue weighted by atomic mass is 9.68. The summed E-state index contributed by atoms with van der Waals surface area (Å²) in [5.41, 5.74) is 7.19. The summed E-state index contributed by atoms with van der Waals surface area (Å²) in [6.45, 7) is 5.18. The number of anilines is 1. The van der Waals surface area contributed by atoms with E-state index in [0.717, 1.165) is 18.5 Å². The Morgan fingerprint density at radius 2 is 2.11 bits per heavy atom. The minimum atomic E-state index is -0.240. The Morgan fingerprint density at radius 3 is 2.68 bits per heavy atom. The van der Waals surface area contributed by atoms with Gasteiger partial charge in [0, 0.05) is 12.2 Å². The third kappa shape index (κ3) is 3.48. The van der Waals surface area contributed by atoms with E-state index in [2.05, 4.69) is 35.1 Å². The van der Waals surface area contributed by atoms with E-state index in [1.54, 1.807) is 12.1 Å². The molecule has 1 fully saturated rings. The number of nitrogens with two attached hydrogens (primary N) is 1. The molecule has 0 aliphatic heterocycles. The SMILES string of the molecule is CC1(C)CCCC(CN)(Nc2ccc(F)c(Br)c2)C1. The van der Waals surface area contributed by atoms with Gasteiger partial charge in [-0.05, 0) is 58.8 Å². The van der Waals surface area contributed by atoms with Gasteiger partial charge in [0.15, 0.2) is 0 Å². The molecule has 2 nitrogen and oxygen atoms in total. The van der Waals surface area contributed by atoms with E-state index in [9.17, 15) is 4.39 Å². The zero-order chi connectivity index (χ0) is 14.1. The summed E-state index contributed by atoms with van der Waals surface area (Å²) in [5, 5.41) is 3.55. The predicted octanol–water partition coefficient (Wildman–Crippen LogP) is 4.30. The van der Waals surface area contributed by atoms with Crippen LogP contribution in [0.1, 0.15) is 39.5 Å². The van der Waals surface area contributed by atoms with E-state index in [0.29, 0.717) is 16.4 Å². The highest BCUT2D eigenvalue weighted by atomic mass is 79.9. The molecule has 1 saturated carbocycles. The number of hydrogen-bond donors (Lipinski definition) is 2. The summed E-state index contributed by atoms with van der Waals surface area (Å²) in [6.07, 6.45) is 4.54. The topological polar surface area (TPSA) is 38.0 Å². The summed E-state index contributed by atoms with van der Waals surface area (Å²) in [7, 11) is 0. The second kappa shape index (κ2) is 5.41. The van der Waals surface area contributed by atoms with Crippen molar-refractivity contribution in [3.05, 3.63) is 28.5 Å². The lowest BCUT2D eigenvalue weighted by molar-refractivity contribution is 0.170. The van der Waals surface area contributed by atoms with Crippen LogP contribution in [0.4, 0.5) is 10.1 Å². The van der Waals surface area contributed by atoms with Crippen molar-refractivity contribution < 1.29 is 4.39 Å². The van der Waals surface area contributed by atoms with E-state index in [1.165, 1.54) is 18.9 Å². The molecule has 4 heteroatoms. The molecular weight excluding hydrogens is 307 g/mol. The molecule has 0 radical (unpaired) electrons. The molecule has 2 rings (SSSR count). The number of nitrogens with one attached hydrogen (secondary N) is 1. The molecule has 3 N–H and O–H groups in total. The van der Waals surface area contributed by atoms with Crippen LogP contribution in [0.2, 0.25) is 0 Å². The molecule has 0 amide bonds. The summed E-state index contributed by atoms with van der Waals surface area (Å²) < 4.78 is 13.8. The number of benzene rings is 1. The summed E-state index contributed by atoms with van der Waals surface area (Å²) in [4.78, 5) is 0. The molecule has 1 unspecified atom stereocenters. The second-order valence-corrected chi connectivity index (χ2v) is 7.29. The van der Waals surface area contributed by atoms with Crippen molar-refractivity contribution in [2.75, 3.05) is 11.9 Å². The zero-order valence-electron chi connectivity index (χ0n) is 11.6. The maximum Gasteiger partial charge on any atom is 0.137 e. The maximum atomic E-state index is 13.3. The largest absolute Gasteiger partial charge is 0.378 e. The molecule has 1 atom stereocenters. The van der Waals surface area contributed by atoms with Crippen LogP contribution in [-0.4, -0.2) is 12.1 Å². The molecule has 0 heterocycles. The van der Waals surface area contributed by atoms with Gasteiger partial charge in [0.2, 0.25) is 0 Å². The molecule has 1 aliphatic carbocycles. The van der Waals surface area contributed by atoms with E-state index < -0.39 is 0 Å². The fourth-order valence-electron chi connectivity index (χ4n) is 3.21. The normalized spacial score (nSPS) is 26.2. The van der Waals surface area contributed by atoms with Crippen molar-refractivity contribution in [1.82, 2.24) is 0 Å². The Labute approximate surface area is 123 Å². The van der Waals surface area contributed by atoms with Crippen LogP contribution < -0.4 is 11.1 Å². The highest BCUT2D eigenvalue weighted by Gasteiger charge is 2.39. The first-order chi connectivity index (χ1) is 8.86. The maximum absolute atomic E-state index is 13.3. The highest BCUT2D eigenvalue weighted by Crippen LogP contribution is 2.42. The van der Waals surface area contributed by atoms with Crippen LogP contribution in [0.25, 0.3) is 0 Å². The minimum Gasteiger partial charge on any atom is -0.378 e. The Kier molecular flexibility index (Phi) is 4.21. The van der Waals surface area contributed by atoms with Crippen molar-refractivity contribution >= 4 is 21.6 Å². The second-order valence-electron chi connectivity index (χ2n) is 6.43. The van der Waals surface area contributed by atoms with Gasteiger partial charge >= 0.3 is 0 Å². The summed E-state index contributed by atoms with van der Waals surface area (Å²) >= 11 is 3.23. The molecule has 1 aromatic carbocycles. The molecule has 1 aliphatic rings. The van der Waals surface area contributed by atoms with E-state index in [4.69, 9.17) is 5.73 Å². The first kappa shape index (κ1) is 14.8. The Bertz CT molecular complexity index is 461. The van der Waals surface area contributed by atoms with Gasteiger partial charge in [0.25, 0.3) is 0 Å². The summed E-state index contributed by atoms with van der Waals surface area (Å²) in [5.74, 6) is -0.240. The summed E-state index contributed by atoms with van der Waals surface area (Å²) in [6, 6.07) is 5.04. The molecule has 0 spiro atoms. The lowest BCUT2D eigenvalue weighted by Crippen LogP contribution is -2.51. The van der Waals surface area contributed by atoms with Crippen molar-refractivity contribution in [3.8, 4) is 0 Å². The third-order valence-corrected chi connectivity index (χ3v) is 4.65. The predicted molar refractivity (Wildman–Crippen MR) is 81.8 cm³/mol. The quantitative estimate of drug-likeness (QED) is 0.868. The molecule has 19 heavy (non-hydrogen) atoms. The van der Waals surface area contributed by atoms with Crippen LogP contribution in [0.15, 0.2) is 22.7 Å². The fraction of sp³-hybridized carbons (Fsp3) is 0.600. The third-order valence-electron chi connectivity index (χ3n) is 4.05. The number of halogens is 2. The van der Waals surface area contributed by atoms with Gasteiger partial charge in [0.05, 0.1) is 10.0 Å². The van der Waals surface area contributed by atoms with Crippen LogP contribution in [0.3, 0.4) is 0 Å². The monoisotopic (exact) mass is 328 g/mol. The van der Waals surface area contributed by atoms with Gasteiger partial charge in [-0.3, -0.25) is 0 Å². The van der Waals surface area contributed by atoms with Crippen LogP contribution in [0, 0.1) is 11.2 Å². The van der Waals surface area contributed by atoms with Crippen LogP contribution in [0.5, 0.6) is 0 Å². The molecule has 1 aromatic rings. The molecular formula is C15H22BrFN2. The Balaban J connectivity index is 2.20. The van der Waals surface area contributed by atoms with Crippen molar-refractivity contribution in [1.29, 1.82) is 0 Å². The van der Waals surface area contributed by atoms with Gasteiger partial charge in [-0.2, -0.15) is 0 Å². The van der Waals surface area contributed by atoms with Gasteiger partial charge in [-0.25, -0.2) is 4.39 Å². The average Bonchev–Trinajstić information content (AvgIpc) is 2.33. The van der Waals surface area contributed by atoms with Gasteiger partial charge in [-0.1, -0.05) is 20.3 Å². The fourth-order valence-corrected chi connectivity index (χ4v) is 3.59. The molecule has 0 saturated heterocycles. The molecule has 0 aromatic heterocycles. The smallest absolute Gasteiger partial charge is 0.137 e. The van der Waals surface area contributed by atoms with Gasteiger partial charge in [0.1, 0.15) is 5.82 Å². The van der Waals surface area contributed by atoms with Crippen molar-refractivity contribution in [2.45, 2.75) is 45.1 Å². The van der Waals surface area contributed by atoms with E-state index >= 15 is 0 Å². The van der Waals surface area contributed by atoms with Crippen molar-refractivity contribution in [2.24, 2.45) is 11.1 Å². The number of rotatable bonds is 3. The zero-order valence-corrected chi connectivity index (χ0v) is 13.2. The first-order valence-corrected chi connectivity index (χ1v) is 7.59. The minimum absolute atomic E-state index is 0.0704. The van der Waals surface area contributed by atoms with Gasteiger partial charge < -0.3 is 11.1 Å². The average molecular weight is 329 g/mol. The highest BCUT2D eigenvalue weighted by molar-refractivity contribution is 9.10. The Morgan fingerprint density at radius 1 is 1.37 bits per heavy atom. The van der Waals surface area contributed by atoms with Crippen LogP contribution in [-0.2, 0) is 0 Å². The van der Waals surface area contributed by atoms with Crippen molar-refractivity contribution in [3.63, 3.8) is 0 Å². The first-order valence-electron chi connectivity index (χ1n) is 6.79. The number of hydrogen-bond acceptors (Lipinski definition) is 2. The standard InChI is InChI=1S/C15H22BrFN2/c1-14(2)6-3-7-15(9-14,10-18)19-11-4-5-13(17)12(16)8-11/h4-5,8,19H,3,6-7,9-10,18H2,1-2H3. The van der Waals surface area contributed by atoms with Gasteiger partial charge in [-0.15, -0.1) is 0 Å². The molecule has 106 valence electrons.